The lowest BCUT2D eigenvalue weighted by atomic mass is 10.1. The third-order valence-corrected chi connectivity index (χ3v) is 2.67. The Labute approximate surface area is 96.9 Å². The molecule has 0 radical (unpaired) electrons. The van der Waals surface area contributed by atoms with Crippen molar-refractivity contribution in [3.05, 3.63) is 35.4 Å². The first kappa shape index (κ1) is 10.5. The average Bonchev–Trinajstić information content (AvgIpc) is 2.81. The lowest BCUT2D eigenvalue weighted by Crippen LogP contribution is -2.02. The SMILES string of the molecule is N#CCc1ccccc1CNc1nnns1. The van der Waals surface area contributed by atoms with Gasteiger partial charge in [0.1, 0.15) is 0 Å². The zero-order valence-corrected chi connectivity index (χ0v) is 9.24. The van der Waals surface area contributed by atoms with Gasteiger partial charge in [-0.1, -0.05) is 33.9 Å². The van der Waals surface area contributed by atoms with Gasteiger partial charge in [0.15, 0.2) is 0 Å². The molecule has 0 aliphatic rings. The Balaban J connectivity index is 2.06. The van der Waals surface area contributed by atoms with Crippen molar-refractivity contribution in [1.82, 2.24) is 14.8 Å². The van der Waals surface area contributed by atoms with Crippen LogP contribution in [0.5, 0.6) is 0 Å². The van der Waals surface area contributed by atoms with E-state index in [9.17, 15) is 0 Å². The van der Waals surface area contributed by atoms with Gasteiger partial charge in [-0.15, -0.1) is 0 Å². The predicted molar refractivity (Wildman–Crippen MR) is 60.8 cm³/mol. The Morgan fingerprint density at radius 1 is 1.31 bits per heavy atom. The molecule has 2 rings (SSSR count). The third kappa shape index (κ3) is 2.52. The summed E-state index contributed by atoms with van der Waals surface area (Å²) in [6.07, 6.45) is 0.423. The van der Waals surface area contributed by atoms with Crippen molar-refractivity contribution in [2.45, 2.75) is 13.0 Å². The number of hydrogen-bond donors (Lipinski definition) is 1. The second-order valence-electron chi connectivity index (χ2n) is 3.12. The topological polar surface area (TPSA) is 74.5 Å². The van der Waals surface area contributed by atoms with Crippen LogP contribution in [0.25, 0.3) is 0 Å². The Morgan fingerprint density at radius 3 is 2.81 bits per heavy atom. The molecule has 1 aromatic carbocycles. The summed E-state index contributed by atoms with van der Waals surface area (Å²) in [5, 5.41) is 19.8. The Kier molecular flexibility index (Phi) is 3.41. The van der Waals surface area contributed by atoms with E-state index >= 15 is 0 Å². The van der Waals surface area contributed by atoms with E-state index < -0.39 is 0 Å². The van der Waals surface area contributed by atoms with E-state index in [0.717, 1.165) is 11.1 Å². The molecular formula is C10H9N5S. The predicted octanol–water partition coefficient (Wildman–Crippen LogP) is 1.61. The van der Waals surface area contributed by atoms with Gasteiger partial charge in [-0.05, 0) is 16.3 Å². The van der Waals surface area contributed by atoms with Gasteiger partial charge in [-0.3, -0.25) is 0 Å². The Hall–Kier alpha value is -2.00. The van der Waals surface area contributed by atoms with Crippen molar-refractivity contribution in [1.29, 1.82) is 5.26 Å². The molecule has 0 fully saturated rings. The summed E-state index contributed by atoms with van der Waals surface area (Å²) < 4.78 is 3.66. The molecule has 0 unspecified atom stereocenters. The van der Waals surface area contributed by atoms with Gasteiger partial charge in [0.2, 0.25) is 5.13 Å². The van der Waals surface area contributed by atoms with Crippen LogP contribution in [0.2, 0.25) is 0 Å². The first-order chi connectivity index (χ1) is 7.90. The number of nitrogens with zero attached hydrogens (tertiary/aromatic N) is 4. The third-order valence-electron chi connectivity index (χ3n) is 2.12. The lowest BCUT2D eigenvalue weighted by molar-refractivity contribution is 0.949. The fourth-order valence-corrected chi connectivity index (χ4v) is 1.72. The number of rotatable bonds is 4. The molecule has 0 aliphatic heterocycles. The highest BCUT2D eigenvalue weighted by atomic mass is 32.1. The van der Waals surface area contributed by atoms with Crippen molar-refractivity contribution in [2.75, 3.05) is 5.32 Å². The molecule has 0 spiro atoms. The average molecular weight is 231 g/mol. The molecule has 0 aliphatic carbocycles. The number of anilines is 1. The van der Waals surface area contributed by atoms with Crippen molar-refractivity contribution in [2.24, 2.45) is 0 Å². The van der Waals surface area contributed by atoms with Gasteiger partial charge in [0.05, 0.1) is 12.5 Å². The van der Waals surface area contributed by atoms with Gasteiger partial charge < -0.3 is 5.32 Å². The maximum Gasteiger partial charge on any atom is 0.225 e. The van der Waals surface area contributed by atoms with Crippen LogP contribution in [0.4, 0.5) is 5.13 Å². The lowest BCUT2D eigenvalue weighted by Gasteiger charge is -2.06. The molecule has 1 heterocycles. The molecule has 0 saturated carbocycles. The highest BCUT2D eigenvalue weighted by Gasteiger charge is 2.02. The van der Waals surface area contributed by atoms with E-state index in [-0.39, 0.29) is 0 Å². The Morgan fingerprint density at radius 2 is 2.12 bits per heavy atom. The van der Waals surface area contributed by atoms with Crippen molar-refractivity contribution < 1.29 is 0 Å². The minimum Gasteiger partial charge on any atom is -0.355 e. The van der Waals surface area contributed by atoms with Crippen LogP contribution in [0.3, 0.4) is 0 Å². The van der Waals surface area contributed by atoms with Crippen molar-refractivity contribution >= 4 is 16.7 Å². The van der Waals surface area contributed by atoms with Crippen LogP contribution in [0, 0.1) is 11.3 Å². The first-order valence-corrected chi connectivity index (χ1v) is 5.50. The fourth-order valence-electron chi connectivity index (χ4n) is 1.36. The summed E-state index contributed by atoms with van der Waals surface area (Å²) in [6, 6.07) is 9.99. The van der Waals surface area contributed by atoms with Crippen molar-refractivity contribution in [3.8, 4) is 6.07 Å². The maximum atomic E-state index is 8.70. The first-order valence-electron chi connectivity index (χ1n) is 4.73. The molecule has 0 amide bonds. The number of nitrogens with one attached hydrogen (secondary N) is 1. The van der Waals surface area contributed by atoms with E-state index in [0.29, 0.717) is 18.1 Å². The van der Waals surface area contributed by atoms with Gasteiger partial charge in [-0.25, -0.2) is 0 Å². The highest BCUT2D eigenvalue weighted by molar-refractivity contribution is 7.09. The molecule has 0 bridgehead atoms. The summed E-state index contributed by atoms with van der Waals surface area (Å²) in [4.78, 5) is 0. The van der Waals surface area contributed by atoms with E-state index in [1.807, 2.05) is 24.3 Å². The Bertz CT molecular complexity index is 488. The fraction of sp³-hybridized carbons (Fsp3) is 0.200. The summed E-state index contributed by atoms with van der Waals surface area (Å²) in [7, 11) is 0. The molecular weight excluding hydrogens is 222 g/mol. The molecule has 6 heteroatoms. The van der Waals surface area contributed by atoms with Gasteiger partial charge in [0.25, 0.3) is 0 Å². The highest BCUT2D eigenvalue weighted by Crippen LogP contribution is 2.12. The van der Waals surface area contributed by atoms with Crippen LogP contribution in [-0.4, -0.2) is 14.8 Å². The molecule has 0 saturated heterocycles. The van der Waals surface area contributed by atoms with Crippen LogP contribution in [-0.2, 0) is 13.0 Å². The summed E-state index contributed by atoms with van der Waals surface area (Å²) in [5.41, 5.74) is 2.13. The van der Waals surface area contributed by atoms with Crippen LogP contribution in [0.15, 0.2) is 24.3 Å². The van der Waals surface area contributed by atoms with Gasteiger partial charge in [-0.2, -0.15) is 5.26 Å². The monoisotopic (exact) mass is 231 g/mol. The van der Waals surface area contributed by atoms with Crippen LogP contribution >= 0.6 is 11.5 Å². The van der Waals surface area contributed by atoms with E-state index in [4.69, 9.17) is 5.26 Å². The van der Waals surface area contributed by atoms with Crippen molar-refractivity contribution in [3.63, 3.8) is 0 Å². The maximum absolute atomic E-state index is 8.70. The number of benzene rings is 1. The van der Waals surface area contributed by atoms with E-state index in [2.05, 4.69) is 26.2 Å². The van der Waals surface area contributed by atoms with Gasteiger partial charge >= 0.3 is 0 Å². The standard InChI is InChI=1S/C10H9N5S/c11-6-5-8-3-1-2-4-9(8)7-12-10-13-14-15-16-10/h1-4H,5,7H2,(H,12,13,15). The minimum absolute atomic E-state index is 0.423. The number of aromatic nitrogens is 3. The van der Waals surface area contributed by atoms with Crippen LogP contribution < -0.4 is 5.32 Å². The van der Waals surface area contributed by atoms with Gasteiger partial charge in [0, 0.05) is 18.1 Å². The number of nitriles is 1. The van der Waals surface area contributed by atoms with E-state index in [1.54, 1.807) is 0 Å². The largest absolute Gasteiger partial charge is 0.355 e. The molecule has 1 N–H and O–H groups in total. The zero-order valence-electron chi connectivity index (χ0n) is 8.42. The quantitative estimate of drug-likeness (QED) is 0.865. The second-order valence-corrected chi connectivity index (χ2v) is 3.86. The normalized spacial score (nSPS) is 9.69. The summed E-state index contributed by atoms with van der Waals surface area (Å²) >= 11 is 1.21. The summed E-state index contributed by atoms with van der Waals surface area (Å²) in [6.45, 7) is 0.634. The second kappa shape index (κ2) is 5.19. The van der Waals surface area contributed by atoms with Crippen LogP contribution in [0.1, 0.15) is 11.1 Å². The summed E-state index contributed by atoms with van der Waals surface area (Å²) in [5.74, 6) is 0. The molecule has 16 heavy (non-hydrogen) atoms. The zero-order chi connectivity index (χ0) is 11.2. The molecule has 0 atom stereocenters. The number of hydrogen-bond acceptors (Lipinski definition) is 6. The minimum atomic E-state index is 0.423. The molecule has 80 valence electrons. The smallest absolute Gasteiger partial charge is 0.225 e. The van der Waals surface area contributed by atoms with E-state index in [1.165, 1.54) is 11.5 Å². The molecule has 2 aromatic rings. The molecule has 1 aromatic heterocycles. The molecule has 5 nitrogen and oxygen atoms in total.